The molecule has 1 N–H and O–H groups in total. The first-order valence-corrected chi connectivity index (χ1v) is 7.74. The van der Waals surface area contributed by atoms with Gasteiger partial charge >= 0.3 is 0 Å². The topological polar surface area (TPSA) is 18.5 Å². The number of hydrogen-bond acceptors (Lipinski definition) is 3. The van der Waals surface area contributed by atoms with E-state index >= 15 is 0 Å². The Balaban J connectivity index is 2.27. The van der Waals surface area contributed by atoms with Gasteiger partial charge in [-0.15, -0.1) is 0 Å². The Morgan fingerprint density at radius 2 is 2.05 bits per heavy atom. The Hall–Kier alpha value is -0.580. The molecule has 0 aliphatic carbocycles. The molecule has 0 saturated carbocycles. The number of para-hydroxylation sites is 1. The highest BCUT2D eigenvalue weighted by molar-refractivity contribution is 9.10. The Bertz CT molecular complexity index is 408. The number of anilines is 1. The van der Waals surface area contributed by atoms with E-state index in [0.717, 1.165) is 26.2 Å². The number of halogens is 1. The second-order valence-corrected chi connectivity index (χ2v) is 6.64. The number of benzene rings is 1. The highest BCUT2D eigenvalue weighted by Gasteiger charge is 2.25. The Morgan fingerprint density at radius 3 is 2.74 bits per heavy atom. The number of rotatable bonds is 3. The smallest absolute Gasteiger partial charge is 0.0541 e. The van der Waals surface area contributed by atoms with E-state index in [2.05, 4.69) is 76.3 Å². The fourth-order valence-electron chi connectivity index (χ4n) is 2.72. The third-order valence-electron chi connectivity index (χ3n) is 3.56. The summed E-state index contributed by atoms with van der Waals surface area (Å²) in [5, 5.41) is 3.59. The zero-order chi connectivity index (χ0) is 13.8. The minimum absolute atomic E-state index is 0.513. The van der Waals surface area contributed by atoms with Gasteiger partial charge in [-0.05, 0) is 54.6 Å². The summed E-state index contributed by atoms with van der Waals surface area (Å²) in [6.45, 7) is 6.64. The molecule has 2 rings (SSSR count). The minimum atomic E-state index is 0.513. The lowest BCUT2D eigenvalue weighted by molar-refractivity contribution is 0.360. The zero-order valence-corrected chi connectivity index (χ0v) is 13.7. The summed E-state index contributed by atoms with van der Waals surface area (Å²) < 4.78 is 1.19. The molecule has 19 heavy (non-hydrogen) atoms. The first-order valence-electron chi connectivity index (χ1n) is 6.94. The van der Waals surface area contributed by atoms with Crippen molar-refractivity contribution in [1.29, 1.82) is 0 Å². The molecule has 1 aromatic rings. The van der Waals surface area contributed by atoms with Crippen LogP contribution in [0, 0.1) is 5.92 Å². The molecule has 1 aliphatic rings. The van der Waals surface area contributed by atoms with Crippen LogP contribution in [0.5, 0.6) is 0 Å². The van der Waals surface area contributed by atoms with Crippen LogP contribution < -0.4 is 10.2 Å². The van der Waals surface area contributed by atoms with Crippen LogP contribution in [-0.4, -0.2) is 51.2 Å². The van der Waals surface area contributed by atoms with Gasteiger partial charge in [-0.3, -0.25) is 0 Å². The lowest BCUT2D eigenvalue weighted by Crippen LogP contribution is -2.46. The van der Waals surface area contributed by atoms with Crippen molar-refractivity contribution in [2.75, 3.05) is 45.2 Å². The molecule has 2 unspecified atom stereocenters. The fourth-order valence-corrected chi connectivity index (χ4v) is 3.23. The average Bonchev–Trinajstić information content (AvgIpc) is 2.52. The first-order chi connectivity index (χ1) is 9.08. The molecular formula is C15H24BrN3. The van der Waals surface area contributed by atoms with Gasteiger partial charge in [0.25, 0.3) is 0 Å². The molecule has 1 fully saturated rings. The molecule has 0 radical (unpaired) electrons. The van der Waals surface area contributed by atoms with Gasteiger partial charge in [0.1, 0.15) is 0 Å². The van der Waals surface area contributed by atoms with Crippen molar-refractivity contribution in [2.24, 2.45) is 5.92 Å². The second kappa shape index (κ2) is 6.73. The highest BCUT2D eigenvalue weighted by atomic mass is 79.9. The molecule has 1 aliphatic heterocycles. The van der Waals surface area contributed by atoms with E-state index in [0.29, 0.717) is 12.0 Å². The molecule has 4 heteroatoms. The van der Waals surface area contributed by atoms with E-state index in [9.17, 15) is 0 Å². The summed E-state index contributed by atoms with van der Waals surface area (Å²) >= 11 is 3.70. The van der Waals surface area contributed by atoms with Crippen molar-refractivity contribution in [3.63, 3.8) is 0 Å². The van der Waals surface area contributed by atoms with Crippen LogP contribution in [0.3, 0.4) is 0 Å². The number of nitrogens with zero attached hydrogens (tertiary/aromatic N) is 2. The summed E-state index contributed by atoms with van der Waals surface area (Å²) in [4.78, 5) is 4.82. The summed E-state index contributed by atoms with van der Waals surface area (Å²) in [5.41, 5.74) is 1.31. The maximum atomic E-state index is 3.70. The van der Waals surface area contributed by atoms with Gasteiger partial charge in [-0.25, -0.2) is 0 Å². The molecule has 1 saturated heterocycles. The first kappa shape index (κ1) is 14.8. The molecular weight excluding hydrogens is 302 g/mol. The van der Waals surface area contributed by atoms with Crippen molar-refractivity contribution in [3.8, 4) is 0 Å². The molecule has 2 atom stereocenters. The fraction of sp³-hybridized carbons (Fsp3) is 0.600. The van der Waals surface area contributed by atoms with E-state index in [1.54, 1.807) is 0 Å². The molecule has 1 aromatic carbocycles. The number of likely N-dealkylation sites (N-methyl/N-ethyl adjacent to an activating group) is 1. The van der Waals surface area contributed by atoms with Gasteiger partial charge in [0, 0.05) is 24.1 Å². The summed E-state index contributed by atoms with van der Waals surface area (Å²) in [6.07, 6.45) is 0. The van der Waals surface area contributed by atoms with Crippen LogP contribution in [0.2, 0.25) is 0 Å². The molecule has 106 valence electrons. The van der Waals surface area contributed by atoms with Gasteiger partial charge in [-0.2, -0.15) is 0 Å². The van der Waals surface area contributed by atoms with Crippen LogP contribution in [-0.2, 0) is 0 Å². The Morgan fingerprint density at radius 1 is 1.32 bits per heavy atom. The maximum absolute atomic E-state index is 3.70. The number of hydrogen-bond donors (Lipinski definition) is 1. The van der Waals surface area contributed by atoms with Crippen LogP contribution >= 0.6 is 15.9 Å². The van der Waals surface area contributed by atoms with Crippen LogP contribution in [0.4, 0.5) is 5.69 Å². The lowest BCUT2D eigenvalue weighted by atomic mass is 10.1. The van der Waals surface area contributed by atoms with Crippen molar-refractivity contribution in [1.82, 2.24) is 10.2 Å². The third kappa shape index (κ3) is 3.94. The van der Waals surface area contributed by atoms with Crippen LogP contribution in [0.1, 0.15) is 6.92 Å². The molecule has 3 nitrogen and oxygen atoms in total. The Kier molecular flexibility index (Phi) is 5.25. The largest absolute Gasteiger partial charge is 0.365 e. The predicted octanol–water partition coefficient (Wildman–Crippen LogP) is 2.42. The van der Waals surface area contributed by atoms with Gasteiger partial charge < -0.3 is 15.1 Å². The minimum Gasteiger partial charge on any atom is -0.365 e. The van der Waals surface area contributed by atoms with Crippen molar-refractivity contribution >= 4 is 21.6 Å². The van der Waals surface area contributed by atoms with E-state index in [4.69, 9.17) is 0 Å². The predicted molar refractivity (Wildman–Crippen MR) is 85.9 cm³/mol. The van der Waals surface area contributed by atoms with Crippen molar-refractivity contribution in [2.45, 2.75) is 13.0 Å². The van der Waals surface area contributed by atoms with Gasteiger partial charge in [0.15, 0.2) is 0 Å². The van der Waals surface area contributed by atoms with Gasteiger partial charge in [0.2, 0.25) is 0 Å². The average molecular weight is 326 g/mol. The second-order valence-electron chi connectivity index (χ2n) is 5.78. The summed E-state index contributed by atoms with van der Waals surface area (Å²) in [6, 6.07) is 9.05. The van der Waals surface area contributed by atoms with Gasteiger partial charge in [-0.1, -0.05) is 19.1 Å². The SMILES string of the molecule is CC1CNCC(CN(C)C)N(c2ccccc2Br)C1. The van der Waals surface area contributed by atoms with Crippen molar-refractivity contribution in [3.05, 3.63) is 28.7 Å². The van der Waals surface area contributed by atoms with Gasteiger partial charge in [0.05, 0.1) is 11.7 Å². The summed E-state index contributed by atoms with van der Waals surface area (Å²) in [7, 11) is 4.29. The van der Waals surface area contributed by atoms with E-state index in [1.807, 2.05) is 0 Å². The van der Waals surface area contributed by atoms with E-state index < -0.39 is 0 Å². The van der Waals surface area contributed by atoms with Crippen LogP contribution in [0.15, 0.2) is 28.7 Å². The molecule has 0 bridgehead atoms. The highest BCUT2D eigenvalue weighted by Crippen LogP contribution is 2.28. The maximum Gasteiger partial charge on any atom is 0.0541 e. The van der Waals surface area contributed by atoms with Crippen LogP contribution in [0.25, 0.3) is 0 Å². The van der Waals surface area contributed by atoms with Crippen molar-refractivity contribution < 1.29 is 0 Å². The standard InChI is InChI=1S/C15H24BrN3/c1-12-8-17-9-13(11-18(2)3)19(10-12)15-7-5-4-6-14(15)16/h4-7,12-13,17H,8-11H2,1-3H3. The molecule has 0 amide bonds. The molecule has 0 spiro atoms. The quantitative estimate of drug-likeness (QED) is 0.920. The monoisotopic (exact) mass is 325 g/mol. The Labute approximate surface area is 125 Å². The third-order valence-corrected chi connectivity index (χ3v) is 4.23. The number of nitrogens with one attached hydrogen (secondary N) is 1. The summed E-state index contributed by atoms with van der Waals surface area (Å²) in [5.74, 6) is 0.666. The molecule has 0 aromatic heterocycles. The molecule has 1 heterocycles. The zero-order valence-electron chi connectivity index (χ0n) is 12.1. The lowest BCUT2D eigenvalue weighted by Gasteiger charge is -2.35. The normalized spacial score (nSPS) is 24.6. The van der Waals surface area contributed by atoms with E-state index in [1.165, 1.54) is 10.2 Å². The van der Waals surface area contributed by atoms with E-state index in [-0.39, 0.29) is 0 Å².